The van der Waals surface area contributed by atoms with Gasteiger partial charge in [-0.2, -0.15) is 13.2 Å². The Labute approximate surface area is 101 Å². The van der Waals surface area contributed by atoms with E-state index < -0.39 is 17.6 Å². The minimum Gasteiger partial charge on any atom is -0.369 e. The first-order valence-electron chi connectivity index (χ1n) is 4.96. The second-order valence-electron chi connectivity index (χ2n) is 3.53. The van der Waals surface area contributed by atoms with Gasteiger partial charge in [-0.25, -0.2) is 0 Å². The number of carbonyl (C=O) groups excluding carboxylic acids is 2. The fourth-order valence-corrected chi connectivity index (χ4v) is 1.30. The van der Waals surface area contributed by atoms with E-state index in [1.807, 2.05) is 0 Å². The van der Waals surface area contributed by atoms with Crippen LogP contribution in [0.5, 0.6) is 0 Å². The SMILES string of the molecule is NC(=O)CC=Cc1cc(C(F)(F)F)ccc1C=O. The number of benzene rings is 1. The molecule has 0 aromatic heterocycles. The normalized spacial score (nSPS) is 11.7. The highest BCUT2D eigenvalue weighted by atomic mass is 19.4. The summed E-state index contributed by atoms with van der Waals surface area (Å²) >= 11 is 0. The number of hydrogen-bond donors (Lipinski definition) is 1. The van der Waals surface area contributed by atoms with E-state index in [4.69, 9.17) is 5.73 Å². The highest BCUT2D eigenvalue weighted by Gasteiger charge is 2.30. The molecule has 0 atom stereocenters. The summed E-state index contributed by atoms with van der Waals surface area (Å²) < 4.78 is 37.4. The molecule has 0 fully saturated rings. The van der Waals surface area contributed by atoms with E-state index in [9.17, 15) is 22.8 Å². The van der Waals surface area contributed by atoms with Crippen molar-refractivity contribution < 1.29 is 22.8 Å². The molecule has 1 amide bonds. The highest BCUT2D eigenvalue weighted by molar-refractivity contribution is 5.83. The predicted octanol–water partition coefficient (Wildman–Crippen LogP) is 2.41. The summed E-state index contributed by atoms with van der Waals surface area (Å²) in [6.45, 7) is 0. The Kier molecular flexibility index (Phi) is 4.25. The van der Waals surface area contributed by atoms with Gasteiger partial charge in [0.25, 0.3) is 0 Å². The lowest BCUT2D eigenvalue weighted by molar-refractivity contribution is -0.137. The second-order valence-corrected chi connectivity index (χ2v) is 3.53. The number of alkyl halides is 3. The van der Waals surface area contributed by atoms with Gasteiger partial charge in [0.15, 0.2) is 6.29 Å². The van der Waals surface area contributed by atoms with Crippen molar-refractivity contribution in [2.24, 2.45) is 5.73 Å². The molecule has 0 saturated carbocycles. The summed E-state index contributed by atoms with van der Waals surface area (Å²) in [5.74, 6) is -0.606. The number of aldehydes is 1. The molecule has 2 N–H and O–H groups in total. The van der Waals surface area contributed by atoms with Crippen LogP contribution in [0.4, 0.5) is 13.2 Å². The maximum atomic E-state index is 12.5. The summed E-state index contributed by atoms with van der Waals surface area (Å²) in [7, 11) is 0. The lowest BCUT2D eigenvalue weighted by Crippen LogP contribution is -2.08. The predicted molar refractivity (Wildman–Crippen MR) is 59.7 cm³/mol. The van der Waals surface area contributed by atoms with E-state index in [1.165, 1.54) is 12.2 Å². The summed E-state index contributed by atoms with van der Waals surface area (Å²) in [6, 6.07) is 2.76. The van der Waals surface area contributed by atoms with Crippen molar-refractivity contribution in [2.75, 3.05) is 0 Å². The van der Waals surface area contributed by atoms with Gasteiger partial charge in [0.1, 0.15) is 0 Å². The first kappa shape index (κ1) is 14.0. The molecule has 1 rings (SSSR count). The molecule has 3 nitrogen and oxygen atoms in total. The quantitative estimate of drug-likeness (QED) is 0.842. The standard InChI is InChI=1S/C12H10F3NO2/c13-12(14,15)10-5-4-9(7-17)8(6-10)2-1-3-11(16)18/h1-2,4-7H,3H2,(H2,16,18). The van der Waals surface area contributed by atoms with Gasteiger partial charge in [-0.3, -0.25) is 9.59 Å². The number of carbonyl (C=O) groups is 2. The molecule has 0 aliphatic carbocycles. The molecule has 1 aromatic rings. The van der Waals surface area contributed by atoms with E-state index >= 15 is 0 Å². The van der Waals surface area contributed by atoms with Crippen LogP contribution in [0.3, 0.4) is 0 Å². The Morgan fingerprint density at radius 1 is 1.28 bits per heavy atom. The summed E-state index contributed by atoms with van der Waals surface area (Å²) in [5.41, 5.74) is 4.24. The van der Waals surface area contributed by atoms with Gasteiger partial charge >= 0.3 is 6.18 Å². The van der Waals surface area contributed by atoms with Crippen LogP contribution in [0, 0.1) is 0 Å². The number of amides is 1. The zero-order valence-corrected chi connectivity index (χ0v) is 9.20. The van der Waals surface area contributed by atoms with Crippen LogP contribution < -0.4 is 5.73 Å². The number of primary amides is 1. The summed E-state index contributed by atoms with van der Waals surface area (Å²) in [5, 5.41) is 0. The number of nitrogens with two attached hydrogens (primary N) is 1. The number of hydrogen-bond acceptors (Lipinski definition) is 2. The molecular formula is C12H10F3NO2. The maximum Gasteiger partial charge on any atom is 0.416 e. The molecule has 1 aromatic carbocycles. The van der Waals surface area contributed by atoms with Gasteiger partial charge in [-0.1, -0.05) is 18.2 Å². The average Bonchev–Trinajstić information content (AvgIpc) is 2.27. The Bertz CT molecular complexity index is 493. The summed E-state index contributed by atoms with van der Waals surface area (Å²) in [6.07, 6.45) is -1.55. The molecule has 0 spiro atoms. The van der Waals surface area contributed by atoms with E-state index in [0.717, 1.165) is 18.2 Å². The Morgan fingerprint density at radius 3 is 2.44 bits per heavy atom. The molecule has 0 aliphatic rings. The van der Waals surface area contributed by atoms with E-state index in [2.05, 4.69) is 0 Å². The van der Waals surface area contributed by atoms with Crippen LogP contribution in [0.15, 0.2) is 24.3 Å². The monoisotopic (exact) mass is 257 g/mol. The van der Waals surface area contributed by atoms with Crippen molar-refractivity contribution in [1.82, 2.24) is 0 Å². The van der Waals surface area contributed by atoms with Crippen molar-refractivity contribution in [3.05, 3.63) is 41.0 Å². The number of rotatable bonds is 4. The van der Waals surface area contributed by atoms with E-state index in [-0.39, 0.29) is 17.5 Å². The zero-order valence-electron chi connectivity index (χ0n) is 9.20. The first-order valence-corrected chi connectivity index (χ1v) is 4.96. The largest absolute Gasteiger partial charge is 0.416 e. The van der Waals surface area contributed by atoms with Crippen LogP contribution in [-0.2, 0) is 11.0 Å². The van der Waals surface area contributed by atoms with Crippen LogP contribution in [-0.4, -0.2) is 12.2 Å². The molecule has 0 heterocycles. The van der Waals surface area contributed by atoms with Gasteiger partial charge in [-0.15, -0.1) is 0 Å². The third-order valence-electron chi connectivity index (χ3n) is 2.16. The van der Waals surface area contributed by atoms with Gasteiger partial charge in [-0.05, 0) is 17.7 Å². The van der Waals surface area contributed by atoms with Crippen molar-refractivity contribution in [3.8, 4) is 0 Å². The van der Waals surface area contributed by atoms with Crippen molar-refractivity contribution >= 4 is 18.3 Å². The Hall–Kier alpha value is -2.11. The van der Waals surface area contributed by atoms with Crippen LogP contribution in [0.25, 0.3) is 6.08 Å². The smallest absolute Gasteiger partial charge is 0.369 e. The number of halogens is 3. The molecule has 96 valence electrons. The van der Waals surface area contributed by atoms with Crippen LogP contribution in [0.1, 0.15) is 27.9 Å². The average molecular weight is 257 g/mol. The van der Waals surface area contributed by atoms with Gasteiger partial charge in [0.05, 0.1) is 5.56 Å². The van der Waals surface area contributed by atoms with Crippen LogP contribution >= 0.6 is 0 Å². The minimum absolute atomic E-state index is 0.0982. The molecular weight excluding hydrogens is 247 g/mol. The highest BCUT2D eigenvalue weighted by Crippen LogP contribution is 2.30. The van der Waals surface area contributed by atoms with Gasteiger partial charge in [0.2, 0.25) is 5.91 Å². The summed E-state index contributed by atoms with van der Waals surface area (Å²) in [4.78, 5) is 21.2. The molecule has 18 heavy (non-hydrogen) atoms. The van der Waals surface area contributed by atoms with E-state index in [0.29, 0.717) is 6.29 Å². The topological polar surface area (TPSA) is 60.2 Å². The second kappa shape index (κ2) is 5.48. The van der Waals surface area contributed by atoms with Crippen molar-refractivity contribution in [1.29, 1.82) is 0 Å². The lowest BCUT2D eigenvalue weighted by atomic mass is 10.0. The molecule has 0 aliphatic heterocycles. The Morgan fingerprint density at radius 2 is 1.94 bits per heavy atom. The van der Waals surface area contributed by atoms with Crippen LogP contribution in [0.2, 0.25) is 0 Å². The van der Waals surface area contributed by atoms with Crippen molar-refractivity contribution in [3.63, 3.8) is 0 Å². The van der Waals surface area contributed by atoms with Gasteiger partial charge < -0.3 is 5.73 Å². The molecule has 0 unspecified atom stereocenters. The minimum atomic E-state index is -4.48. The third-order valence-corrected chi connectivity index (χ3v) is 2.16. The third kappa shape index (κ3) is 3.73. The molecule has 6 heteroatoms. The molecule has 0 radical (unpaired) electrons. The molecule has 0 bridgehead atoms. The zero-order chi connectivity index (χ0) is 13.8. The van der Waals surface area contributed by atoms with Crippen molar-refractivity contribution in [2.45, 2.75) is 12.6 Å². The maximum absolute atomic E-state index is 12.5. The fraction of sp³-hybridized carbons (Fsp3) is 0.167. The fourth-order valence-electron chi connectivity index (χ4n) is 1.30. The lowest BCUT2D eigenvalue weighted by Gasteiger charge is -2.08. The first-order chi connectivity index (χ1) is 8.34. The van der Waals surface area contributed by atoms with Gasteiger partial charge in [0, 0.05) is 12.0 Å². The Balaban J connectivity index is 3.10. The van der Waals surface area contributed by atoms with E-state index in [1.54, 1.807) is 0 Å². The molecule has 0 saturated heterocycles.